The first-order valence-corrected chi connectivity index (χ1v) is 8.18. The summed E-state index contributed by atoms with van der Waals surface area (Å²) in [5, 5.41) is 2.82. The molecule has 0 spiro atoms. The van der Waals surface area contributed by atoms with Gasteiger partial charge in [0.2, 0.25) is 5.91 Å². The zero-order valence-electron chi connectivity index (χ0n) is 15.4. The number of ether oxygens (including phenoxy) is 1. The van der Waals surface area contributed by atoms with E-state index < -0.39 is 18.5 Å². The van der Waals surface area contributed by atoms with Gasteiger partial charge in [0.1, 0.15) is 5.69 Å². The lowest BCUT2D eigenvalue weighted by Crippen LogP contribution is -2.37. The topological polar surface area (TPSA) is 80.6 Å². The Bertz CT molecular complexity index is 806. The van der Waals surface area contributed by atoms with E-state index in [0.29, 0.717) is 5.69 Å². The summed E-state index contributed by atoms with van der Waals surface area (Å²) in [4.78, 5) is 37.4. The molecule has 1 N–H and O–H groups in total. The fourth-order valence-electron chi connectivity index (χ4n) is 2.48. The Hall–Kier alpha value is -3.09. The van der Waals surface area contributed by atoms with Gasteiger partial charge >= 0.3 is 5.97 Å². The van der Waals surface area contributed by atoms with Crippen molar-refractivity contribution in [1.29, 1.82) is 0 Å². The quantitative estimate of drug-likeness (QED) is 0.801. The molecule has 1 heterocycles. The monoisotopic (exact) mass is 357 g/mol. The molecule has 138 valence electrons. The van der Waals surface area contributed by atoms with Gasteiger partial charge in [-0.1, -0.05) is 18.2 Å². The highest BCUT2D eigenvalue weighted by Gasteiger charge is 2.17. The first-order chi connectivity index (χ1) is 12.3. The Balaban J connectivity index is 1.85. The SMILES string of the molecule is Cc1cccc(C)c1NC(=O)CN(C)C(=O)COC(=O)c1cccn1C. The van der Waals surface area contributed by atoms with Crippen molar-refractivity contribution >= 4 is 23.5 Å². The molecule has 2 aromatic rings. The van der Waals surface area contributed by atoms with E-state index >= 15 is 0 Å². The number of aryl methyl sites for hydroxylation is 3. The first kappa shape index (κ1) is 19.2. The molecule has 0 saturated heterocycles. The summed E-state index contributed by atoms with van der Waals surface area (Å²) in [7, 11) is 3.20. The highest BCUT2D eigenvalue weighted by molar-refractivity contribution is 5.96. The number of hydrogen-bond donors (Lipinski definition) is 1. The molecule has 2 amide bonds. The summed E-state index contributed by atoms with van der Waals surface area (Å²) in [6.45, 7) is 3.26. The fourth-order valence-corrected chi connectivity index (χ4v) is 2.48. The Morgan fingerprint density at radius 1 is 1.12 bits per heavy atom. The second-order valence-corrected chi connectivity index (χ2v) is 6.15. The number of benzene rings is 1. The van der Waals surface area contributed by atoms with Crippen LogP contribution in [-0.2, 0) is 21.4 Å². The smallest absolute Gasteiger partial charge is 0.355 e. The van der Waals surface area contributed by atoms with Gasteiger partial charge in [-0.3, -0.25) is 9.59 Å². The van der Waals surface area contributed by atoms with Crippen molar-refractivity contribution in [2.24, 2.45) is 7.05 Å². The molecule has 7 heteroatoms. The number of rotatable bonds is 6. The predicted molar refractivity (Wildman–Crippen MR) is 97.9 cm³/mol. The van der Waals surface area contributed by atoms with E-state index in [0.717, 1.165) is 16.8 Å². The van der Waals surface area contributed by atoms with Crippen LogP contribution in [0.25, 0.3) is 0 Å². The number of nitrogens with zero attached hydrogens (tertiary/aromatic N) is 2. The Kier molecular flexibility index (Phi) is 6.16. The first-order valence-electron chi connectivity index (χ1n) is 8.18. The maximum absolute atomic E-state index is 12.2. The molecule has 0 radical (unpaired) electrons. The van der Waals surface area contributed by atoms with Crippen molar-refractivity contribution in [3.63, 3.8) is 0 Å². The van der Waals surface area contributed by atoms with E-state index in [4.69, 9.17) is 4.74 Å². The van der Waals surface area contributed by atoms with Crippen LogP contribution in [0.1, 0.15) is 21.6 Å². The number of carbonyl (C=O) groups excluding carboxylic acids is 3. The van der Waals surface area contributed by atoms with Gasteiger partial charge in [-0.05, 0) is 37.1 Å². The molecule has 1 aromatic heterocycles. The van der Waals surface area contributed by atoms with Gasteiger partial charge in [0.05, 0.1) is 6.54 Å². The fraction of sp³-hybridized carbons (Fsp3) is 0.316. The van der Waals surface area contributed by atoms with E-state index in [1.807, 2.05) is 32.0 Å². The molecule has 0 bridgehead atoms. The summed E-state index contributed by atoms with van der Waals surface area (Å²) in [5.74, 6) is -1.35. The normalized spacial score (nSPS) is 10.3. The lowest BCUT2D eigenvalue weighted by Gasteiger charge is -2.18. The van der Waals surface area contributed by atoms with Gasteiger partial charge in [-0.25, -0.2) is 4.79 Å². The third-order valence-electron chi connectivity index (χ3n) is 4.03. The van der Waals surface area contributed by atoms with Crippen molar-refractivity contribution < 1.29 is 19.1 Å². The van der Waals surface area contributed by atoms with Crippen LogP contribution in [0.15, 0.2) is 36.5 Å². The van der Waals surface area contributed by atoms with Crippen molar-refractivity contribution in [2.75, 3.05) is 25.5 Å². The largest absolute Gasteiger partial charge is 0.451 e. The van der Waals surface area contributed by atoms with Crippen LogP contribution in [0, 0.1) is 13.8 Å². The van der Waals surface area contributed by atoms with Crippen LogP contribution in [0.3, 0.4) is 0 Å². The molecule has 0 saturated carbocycles. The minimum atomic E-state index is -0.584. The van der Waals surface area contributed by atoms with Gasteiger partial charge < -0.3 is 19.5 Å². The van der Waals surface area contributed by atoms with Crippen molar-refractivity contribution in [3.05, 3.63) is 53.3 Å². The van der Waals surface area contributed by atoms with Crippen LogP contribution < -0.4 is 5.32 Å². The zero-order valence-corrected chi connectivity index (χ0v) is 15.4. The minimum Gasteiger partial charge on any atom is -0.451 e. The zero-order chi connectivity index (χ0) is 19.3. The third-order valence-corrected chi connectivity index (χ3v) is 4.03. The maximum atomic E-state index is 12.2. The van der Waals surface area contributed by atoms with Crippen molar-refractivity contribution in [1.82, 2.24) is 9.47 Å². The number of carbonyl (C=O) groups is 3. The number of para-hydroxylation sites is 1. The van der Waals surface area contributed by atoms with Crippen LogP contribution in [0.4, 0.5) is 5.69 Å². The molecule has 0 atom stereocenters. The van der Waals surface area contributed by atoms with Crippen LogP contribution >= 0.6 is 0 Å². The molecular weight excluding hydrogens is 334 g/mol. The molecule has 1 aromatic carbocycles. The van der Waals surface area contributed by atoms with Gasteiger partial charge in [-0.2, -0.15) is 0 Å². The van der Waals surface area contributed by atoms with E-state index in [9.17, 15) is 14.4 Å². The molecule has 0 aliphatic heterocycles. The lowest BCUT2D eigenvalue weighted by atomic mass is 10.1. The van der Waals surface area contributed by atoms with Crippen molar-refractivity contribution in [3.8, 4) is 0 Å². The number of nitrogens with one attached hydrogen (secondary N) is 1. The third kappa shape index (κ3) is 4.72. The van der Waals surface area contributed by atoms with Gasteiger partial charge in [-0.15, -0.1) is 0 Å². The summed E-state index contributed by atoms with van der Waals surface area (Å²) in [6, 6.07) is 9.04. The molecule has 2 rings (SSSR count). The van der Waals surface area contributed by atoms with E-state index in [-0.39, 0.29) is 12.5 Å². The summed E-state index contributed by atoms with van der Waals surface area (Å²) in [5.41, 5.74) is 2.99. The Labute approximate surface area is 152 Å². The summed E-state index contributed by atoms with van der Waals surface area (Å²) < 4.78 is 6.61. The van der Waals surface area contributed by atoms with Gasteiger partial charge in [0.25, 0.3) is 5.91 Å². The molecule has 0 aliphatic rings. The summed E-state index contributed by atoms with van der Waals surface area (Å²) in [6.07, 6.45) is 1.71. The average molecular weight is 357 g/mol. The molecule has 26 heavy (non-hydrogen) atoms. The molecular formula is C19H23N3O4. The van der Waals surface area contributed by atoms with Crippen LogP contribution in [-0.4, -0.2) is 47.4 Å². The molecule has 0 aliphatic carbocycles. The number of hydrogen-bond acceptors (Lipinski definition) is 4. The van der Waals surface area contributed by atoms with Crippen molar-refractivity contribution in [2.45, 2.75) is 13.8 Å². The second kappa shape index (κ2) is 8.33. The van der Waals surface area contributed by atoms with Crippen LogP contribution in [0.2, 0.25) is 0 Å². The van der Waals surface area contributed by atoms with Crippen LogP contribution in [0.5, 0.6) is 0 Å². The number of amides is 2. The standard InChI is InChI=1S/C19H23N3O4/c1-13-7-5-8-14(2)18(13)20-16(23)11-22(4)17(24)12-26-19(25)15-9-6-10-21(15)3/h5-10H,11-12H2,1-4H3,(H,20,23). The number of aromatic nitrogens is 1. The number of anilines is 1. The minimum absolute atomic E-state index is 0.131. The molecule has 0 fully saturated rings. The highest BCUT2D eigenvalue weighted by atomic mass is 16.5. The molecule has 0 unspecified atom stereocenters. The lowest BCUT2D eigenvalue weighted by molar-refractivity contribution is -0.136. The highest BCUT2D eigenvalue weighted by Crippen LogP contribution is 2.19. The van der Waals surface area contributed by atoms with E-state index in [1.165, 1.54) is 11.9 Å². The Morgan fingerprint density at radius 2 is 1.77 bits per heavy atom. The van der Waals surface area contributed by atoms with Gasteiger partial charge in [0, 0.05) is 26.0 Å². The number of esters is 1. The average Bonchev–Trinajstić information content (AvgIpc) is 3.01. The number of likely N-dealkylation sites (N-methyl/N-ethyl adjacent to an activating group) is 1. The van der Waals surface area contributed by atoms with E-state index in [1.54, 1.807) is 29.9 Å². The second-order valence-electron chi connectivity index (χ2n) is 6.15. The Morgan fingerprint density at radius 3 is 2.35 bits per heavy atom. The summed E-state index contributed by atoms with van der Waals surface area (Å²) >= 11 is 0. The molecule has 7 nitrogen and oxygen atoms in total. The predicted octanol–water partition coefficient (Wildman–Crippen LogP) is 1.90. The van der Waals surface area contributed by atoms with E-state index in [2.05, 4.69) is 5.32 Å². The van der Waals surface area contributed by atoms with Gasteiger partial charge in [0.15, 0.2) is 6.61 Å². The maximum Gasteiger partial charge on any atom is 0.355 e.